The number of benzene rings is 2. The van der Waals surface area contributed by atoms with Gasteiger partial charge in [0.2, 0.25) is 0 Å². The van der Waals surface area contributed by atoms with Crippen LogP contribution in [-0.4, -0.2) is 93.3 Å². The molecule has 1 unspecified atom stereocenters. The zero-order chi connectivity index (χ0) is 27.1. The SMILES string of the molecule is COC(=O)N1CC2(C1)N=C(c1ccc(-c3ccc(-c4cnn(C)c4)cc3)cc1)N(CC1CCN(SC)C1)C2=O. The van der Waals surface area contributed by atoms with E-state index < -0.39 is 11.6 Å². The Hall–Kier alpha value is -3.63. The minimum absolute atomic E-state index is 0.0182. The monoisotopic (exact) mass is 544 g/mol. The van der Waals surface area contributed by atoms with E-state index in [1.54, 1.807) is 16.6 Å². The number of hydrogen-bond acceptors (Lipinski definition) is 7. The molecule has 10 heteroatoms. The molecule has 9 nitrogen and oxygen atoms in total. The number of likely N-dealkylation sites (tertiary alicyclic amines) is 1. The lowest BCUT2D eigenvalue weighted by molar-refractivity contribution is -0.136. The van der Waals surface area contributed by atoms with Gasteiger partial charge in [0.25, 0.3) is 5.91 Å². The van der Waals surface area contributed by atoms with Gasteiger partial charge in [-0.3, -0.25) is 18.7 Å². The molecule has 1 spiro atoms. The van der Waals surface area contributed by atoms with Crippen LogP contribution < -0.4 is 0 Å². The summed E-state index contributed by atoms with van der Waals surface area (Å²) in [6.07, 6.45) is 6.59. The second kappa shape index (κ2) is 10.2. The van der Waals surface area contributed by atoms with Crippen molar-refractivity contribution < 1.29 is 14.3 Å². The molecule has 1 aromatic heterocycles. The standard InChI is InChI=1S/C29H32N6O3S/c1-32-17-25(14-30-32)23-6-4-21(5-7-23)22-8-10-24(11-9-22)26-31-29(18-33(19-29)28(37)38-2)27(36)35(26)16-20-12-13-34(15-20)39-3/h4-11,14,17,20H,12-13,15-16,18-19H2,1-3H3. The van der Waals surface area contributed by atoms with Crippen LogP contribution in [0, 0.1) is 5.92 Å². The molecule has 2 saturated heterocycles. The Morgan fingerprint density at radius 3 is 2.18 bits per heavy atom. The fourth-order valence-electron chi connectivity index (χ4n) is 5.70. The van der Waals surface area contributed by atoms with Crippen LogP contribution in [0.25, 0.3) is 22.3 Å². The molecule has 202 valence electrons. The maximum Gasteiger partial charge on any atom is 0.409 e. The first-order chi connectivity index (χ1) is 18.9. The molecular weight excluding hydrogens is 512 g/mol. The summed E-state index contributed by atoms with van der Waals surface area (Å²) < 4.78 is 8.99. The number of amidine groups is 1. The molecule has 0 aliphatic carbocycles. The number of ether oxygens (including phenoxy) is 1. The van der Waals surface area contributed by atoms with E-state index in [2.05, 4.69) is 52.1 Å². The van der Waals surface area contributed by atoms with Gasteiger partial charge in [0, 0.05) is 44.0 Å². The van der Waals surface area contributed by atoms with Crippen LogP contribution in [-0.2, 0) is 16.6 Å². The van der Waals surface area contributed by atoms with Crippen LogP contribution in [0.3, 0.4) is 0 Å². The predicted molar refractivity (Wildman–Crippen MR) is 152 cm³/mol. The van der Waals surface area contributed by atoms with Gasteiger partial charge < -0.3 is 9.64 Å². The quantitative estimate of drug-likeness (QED) is 0.440. The Labute approximate surface area is 232 Å². The number of nitrogens with zero attached hydrogens (tertiary/aromatic N) is 6. The molecule has 3 aliphatic heterocycles. The van der Waals surface area contributed by atoms with Crippen LogP contribution in [0.5, 0.6) is 0 Å². The van der Waals surface area contributed by atoms with Gasteiger partial charge in [-0.15, -0.1) is 0 Å². The van der Waals surface area contributed by atoms with Gasteiger partial charge in [-0.1, -0.05) is 60.5 Å². The second-order valence-electron chi connectivity index (χ2n) is 10.5. The molecule has 3 aromatic rings. The van der Waals surface area contributed by atoms with E-state index >= 15 is 0 Å². The highest BCUT2D eigenvalue weighted by Crippen LogP contribution is 2.36. The van der Waals surface area contributed by atoms with Gasteiger partial charge in [-0.25, -0.2) is 9.79 Å². The minimum atomic E-state index is -0.915. The number of rotatable bonds is 6. The number of hydrogen-bond donors (Lipinski definition) is 0. The topological polar surface area (TPSA) is 83.3 Å². The molecule has 0 saturated carbocycles. The molecule has 2 aromatic carbocycles. The fraction of sp³-hybridized carbons (Fsp3) is 0.379. The van der Waals surface area contributed by atoms with Crippen molar-refractivity contribution in [3.8, 4) is 22.3 Å². The van der Waals surface area contributed by atoms with Gasteiger partial charge >= 0.3 is 6.09 Å². The van der Waals surface area contributed by atoms with Gasteiger partial charge in [-0.2, -0.15) is 5.10 Å². The van der Waals surface area contributed by atoms with Crippen molar-refractivity contribution in [2.45, 2.75) is 12.0 Å². The molecular formula is C29H32N6O3S. The molecule has 4 heterocycles. The van der Waals surface area contributed by atoms with Crippen molar-refractivity contribution in [3.05, 3.63) is 66.5 Å². The Bertz CT molecular complexity index is 1410. The van der Waals surface area contributed by atoms with E-state index in [1.165, 1.54) is 12.0 Å². The highest BCUT2D eigenvalue weighted by atomic mass is 32.2. The number of carbonyl (C=O) groups excluding carboxylic acids is 2. The molecule has 0 N–H and O–H groups in total. The summed E-state index contributed by atoms with van der Waals surface area (Å²) in [4.78, 5) is 34.1. The van der Waals surface area contributed by atoms with E-state index in [-0.39, 0.29) is 19.0 Å². The number of aryl methyl sites for hydroxylation is 1. The smallest absolute Gasteiger partial charge is 0.409 e. The summed E-state index contributed by atoms with van der Waals surface area (Å²) in [5, 5.41) is 4.26. The third-order valence-corrected chi connectivity index (χ3v) is 8.75. The highest BCUT2D eigenvalue weighted by molar-refractivity contribution is 7.96. The molecule has 2 amide bonds. The first-order valence-electron chi connectivity index (χ1n) is 13.1. The summed E-state index contributed by atoms with van der Waals surface area (Å²) in [5.41, 5.74) is 4.41. The average molecular weight is 545 g/mol. The molecule has 39 heavy (non-hydrogen) atoms. The number of aliphatic imine (C=N–C) groups is 1. The molecule has 0 bridgehead atoms. The van der Waals surface area contributed by atoms with Crippen molar-refractivity contribution >= 4 is 29.8 Å². The molecule has 1 atom stereocenters. The van der Waals surface area contributed by atoms with Crippen LogP contribution in [0.1, 0.15) is 12.0 Å². The first kappa shape index (κ1) is 25.6. The maximum absolute atomic E-state index is 13.7. The van der Waals surface area contributed by atoms with Crippen molar-refractivity contribution in [1.29, 1.82) is 0 Å². The third kappa shape index (κ3) is 4.72. The zero-order valence-corrected chi connectivity index (χ0v) is 23.2. The summed E-state index contributed by atoms with van der Waals surface area (Å²) in [6, 6.07) is 16.7. The second-order valence-corrected chi connectivity index (χ2v) is 11.4. The van der Waals surface area contributed by atoms with Crippen LogP contribution in [0.15, 0.2) is 65.9 Å². The van der Waals surface area contributed by atoms with Crippen molar-refractivity contribution in [2.24, 2.45) is 18.0 Å². The summed E-state index contributed by atoms with van der Waals surface area (Å²) >= 11 is 1.75. The highest BCUT2D eigenvalue weighted by Gasteiger charge is 2.58. The van der Waals surface area contributed by atoms with Crippen LogP contribution in [0.4, 0.5) is 4.79 Å². The lowest BCUT2D eigenvalue weighted by Gasteiger charge is -2.43. The Balaban J connectivity index is 1.24. The summed E-state index contributed by atoms with van der Waals surface area (Å²) in [5.74, 6) is 1.07. The number of methoxy groups -OCH3 is 1. The number of carbonyl (C=O) groups is 2. The molecule has 2 fully saturated rings. The van der Waals surface area contributed by atoms with Gasteiger partial charge in [-0.05, 0) is 35.3 Å². The Morgan fingerprint density at radius 1 is 1.03 bits per heavy atom. The molecule has 6 rings (SSSR count). The van der Waals surface area contributed by atoms with Gasteiger partial charge in [0.1, 0.15) is 5.84 Å². The van der Waals surface area contributed by atoms with E-state index in [4.69, 9.17) is 9.73 Å². The van der Waals surface area contributed by atoms with Crippen molar-refractivity contribution in [1.82, 2.24) is 23.9 Å². The van der Waals surface area contributed by atoms with Crippen LogP contribution >= 0.6 is 11.9 Å². The van der Waals surface area contributed by atoms with Crippen LogP contribution in [0.2, 0.25) is 0 Å². The Morgan fingerprint density at radius 2 is 1.64 bits per heavy atom. The first-order valence-corrected chi connectivity index (χ1v) is 14.3. The van der Waals surface area contributed by atoms with E-state index in [0.717, 1.165) is 47.3 Å². The number of amides is 2. The average Bonchev–Trinajstić information content (AvgIpc) is 3.66. The molecule has 3 aliphatic rings. The van der Waals surface area contributed by atoms with E-state index in [0.29, 0.717) is 18.3 Å². The number of aromatic nitrogens is 2. The zero-order valence-electron chi connectivity index (χ0n) is 22.4. The van der Waals surface area contributed by atoms with Crippen molar-refractivity contribution in [3.63, 3.8) is 0 Å². The lowest BCUT2D eigenvalue weighted by Crippen LogP contribution is -2.66. The normalized spacial score (nSPS) is 20.4. The summed E-state index contributed by atoms with van der Waals surface area (Å²) in [7, 11) is 3.27. The van der Waals surface area contributed by atoms with Crippen molar-refractivity contribution in [2.75, 3.05) is 46.1 Å². The third-order valence-electron chi connectivity index (χ3n) is 7.90. The van der Waals surface area contributed by atoms with E-state index in [1.807, 2.05) is 36.5 Å². The van der Waals surface area contributed by atoms with Gasteiger partial charge in [0.15, 0.2) is 5.54 Å². The molecule has 0 radical (unpaired) electrons. The maximum atomic E-state index is 13.7. The largest absolute Gasteiger partial charge is 0.453 e. The summed E-state index contributed by atoms with van der Waals surface area (Å²) in [6.45, 7) is 3.11. The lowest BCUT2D eigenvalue weighted by atomic mass is 9.90. The predicted octanol–water partition coefficient (Wildman–Crippen LogP) is 3.76. The van der Waals surface area contributed by atoms with Gasteiger partial charge in [0.05, 0.1) is 26.4 Å². The minimum Gasteiger partial charge on any atom is -0.453 e. The van der Waals surface area contributed by atoms with E-state index in [9.17, 15) is 9.59 Å². The fourth-order valence-corrected chi connectivity index (χ4v) is 6.35. The Kier molecular flexibility index (Phi) is 6.68.